The average molecular weight is 533 g/mol. The summed E-state index contributed by atoms with van der Waals surface area (Å²) in [4.78, 5) is 39.0. The molecular weight excluding hydrogens is 504 g/mol. The number of aryl methyl sites for hydroxylation is 1. The highest BCUT2D eigenvalue weighted by Gasteiger charge is 2.23. The van der Waals surface area contributed by atoms with E-state index in [0.29, 0.717) is 16.7 Å². The van der Waals surface area contributed by atoms with E-state index in [9.17, 15) is 14.4 Å². The number of nitrogens with zero attached hydrogens (tertiary/aromatic N) is 2. The van der Waals surface area contributed by atoms with Gasteiger partial charge in [0.25, 0.3) is 5.56 Å². The van der Waals surface area contributed by atoms with E-state index < -0.39 is 17.7 Å². The van der Waals surface area contributed by atoms with Crippen molar-refractivity contribution in [3.63, 3.8) is 0 Å². The third-order valence-electron chi connectivity index (χ3n) is 6.72. The second-order valence-corrected chi connectivity index (χ2v) is 9.42. The number of rotatable bonds is 9. The number of carboxylic acid groups (broad SMARTS) is 1. The first-order chi connectivity index (χ1) is 19.4. The first-order valence-electron chi connectivity index (χ1n) is 12.9. The molecule has 0 radical (unpaired) electrons. The molecule has 0 atom stereocenters. The molecule has 0 aliphatic carbocycles. The molecule has 5 aromatic rings. The zero-order chi connectivity index (χ0) is 28.1. The fourth-order valence-electron chi connectivity index (χ4n) is 4.75. The van der Waals surface area contributed by atoms with Gasteiger partial charge in [-0.3, -0.25) is 9.36 Å². The molecule has 5 rings (SSSR count). The van der Waals surface area contributed by atoms with Crippen LogP contribution in [-0.4, -0.2) is 26.8 Å². The monoisotopic (exact) mass is 532 g/mol. The van der Waals surface area contributed by atoms with Gasteiger partial charge < -0.3 is 9.84 Å². The van der Waals surface area contributed by atoms with E-state index in [1.807, 2.05) is 85.8 Å². The van der Waals surface area contributed by atoms with Gasteiger partial charge in [0.2, 0.25) is 0 Å². The normalized spacial score (nSPS) is 11.3. The van der Waals surface area contributed by atoms with Crippen molar-refractivity contribution < 1.29 is 14.6 Å². The van der Waals surface area contributed by atoms with Crippen molar-refractivity contribution in [1.29, 1.82) is 0 Å². The minimum atomic E-state index is -0.998. The van der Waals surface area contributed by atoms with Gasteiger partial charge in [-0.05, 0) is 66.1 Å². The molecule has 0 saturated heterocycles. The third kappa shape index (κ3) is 5.49. The smallest absolute Gasteiger partial charge is 0.335 e. The van der Waals surface area contributed by atoms with Crippen LogP contribution in [0, 0.1) is 6.92 Å². The summed E-state index contributed by atoms with van der Waals surface area (Å²) in [6.07, 6.45) is 3.62. The molecule has 200 valence electrons. The number of hydrogen-bond acceptors (Lipinski definition) is 4. The highest BCUT2D eigenvalue weighted by molar-refractivity contribution is 5.87. The van der Waals surface area contributed by atoms with Crippen LogP contribution in [0.4, 0.5) is 0 Å². The Morgan fingerprint density at radius 2 is 1.48 bits per heavy atom. The number of carbonyl (C=O) groups is 1. The minimum Gasteiger partial charge on any atom is -0.490 e. The Kier molecular flexibility index (Phi) is 7.73. The molecule has 0 aliphatic heterocycles. The summed E-state index contributed by atoms with van der Waals surface area (Å²) in [6, 6.07) is 30.2. The van der Waals surface area contributed by atoms with E-state index >= 15 is 0 Å². The van der Waals surface area contributed by atoms with Crippen molar-refractivity contribution in [2.24, 2.45) is 0 Å². The second kappa shape index (κ2) is 11.7. The lowest BCUT2D eigenvalue weighted by Crippen LogP contribution is -2.43. The molecule has 0 unspecified atom stereocenters. The van der Waals surface area contributed by atoms with Crippen LogP contribution in [0.15, 0.2) is 125 Å². The molecule has 0 fully saturated rings. The fourth-order valence-corrected chi connectivity index (χ4v) is 4.75. The molecule has 0 saturated carbocycles. The molecule has 40 heavy (non-hydrogen) atoms. The summed E-state index contributed by atoms with van der Waals surface area (Å²) in [6.45, 7) is 2.39. The number of allylic oxidation sites excluding steroid dienone is 1. The van der Waals surface area contributed by atoms with Gasteiger partial charge in [-0.15, -0.1) is 0 Å². The molecule has 0 bridgehead atoms. The molecule has 1 N–H and O–H groups in total. The molecular formula is C33H28N2O5. The summed E-state index contributed by atoms with van der Waals surface area (Å²) >= 11 is 0. The maximum Gasteiger partial charge on any atom is 0.335 e. The van der Waals surface area contributed by atoms with Crippen LogP contribution < -0.4 is 16.0 Å². The largest absolute Gasteiger partial charge is 0.490 e. The fraction of sp³-hybridized carbons (Fsp3) is 0.121. The zero-order valence-corrected chi connectivity index (χ0v) is 21.9. The summed E-state index contributed by atoms with van der Waals surface area (Å²) in [5.41, 5.74) is 2.62. The Morgan fingerprint density at radius 1 is 0.850 bits per heavy atom. The van der Waals surface area contributed by atoms with E-state index in [2.05, 4.69) is 0 Å². The Balaban J connectivity index is 1.53. The highest BCUT2D eigenvalue weighted by Crippen LogP contribution is 2.25. The standard InChI is InChI=1S/C33H28N2O5/c1-23-14-19-28-29(22-23)34(20-8-9-21-40-27-17-15-26(16-18-27)32(37)38)33(39)35(31(28)36)30(24-10-4-2-5-11-24)25-12-6-3-7-13-25/h2-19,22,30H,20-21H2,1H3,(H,37,38)/b9-8+. The molecule has 1 aromatic heterocycles. The van der Waals surface area contributed by atoms with Gasteiger partial charge >= 0.3 is 11.7 Å². The third-order valence-corrected chi connectivity index (χ3v) is 6.72. The van der Waals surface area contributed by atoms with Gasteiger partial charge in [0.05, 0.1) is 22.5 Å². The average Bonchev–Trinajstić information content (AvgIpc) is 2.97. The zero-order valence-electron chi connectivity index (χ0n) is 21.9. The van der Waals surface area contributed by atoms with Crippen molar-refractivity contribution in [1.82, 2.24) is 9.13 Å². The van der Waals surface area contributed by atoms with E-state index in [1.165, 1.54) is 16.7 Å². The molecule has 7 nitrogen and oxygen atoms in total. The topological polar surface area (TPSA) is 90.5 Å². The number of hydrogen-bond donors (Lipinski definition) is 1. The number of aromatic nitrogens is 2. The number of benzene rings is 4. The summed E-state index contributed by atoms with van der Waals surface area (Å²) in [5.74, 6) is -0.461. The first-order valence-corrected chi connectivity index (χ1v) is 12.9. The Morgan fingerprint density at radius 3 is 2.08 bits per heavy atom. The second-order valence-electron chi connectivity index (χ2n) is 9.42. The van der Waals surface area contributed by atoms with Crippen LogP contribution in [-0.2, 0) is 6.54 Å². The van der Waals surface area contributed by atoms with E-state index in [4.69, 9.17) is 9.84 Å². The van der Waals surface area contributed by atoms with Crippen molar-refractivity contribution >= 4 is 16.9 Å². The van der Waals surface area contributed by atoms with Crippen molar-refractivity contribution in [2.45, 2.75) is 19.5 Å². The maximum absolute atomic E-state index is 14.1. The first kappa shape index (κ1) is 26.4. The lowest BCUT2D eigenvalue weighted by Gasteiger charge is -2.22. The number of fused-ring (bicyclic) bond motifs is 1. The van der Waals surface area contributed by atoms with Gasteiger partial charge in [0, 0.05) is 6.54 Å². The minimum absolute atomic E-state index is 0.184. The molecule has 7 heteroatoms. The van der Waals surface area contributed by atoms with Crippen LogP contribution in [0.5, 0.6) is 5.75 Å². The Labute approximate surface area is 230 Å². The predicted molar refractivity (Wildman–Crippen MR) is 155 cm³/mol. The lowest BCUT2D eigenvalue weighted by atomic mass is 9.98. The Bertz CT molecular complexity index is 1750. The summed E-state index contributed by atoms with van der Waals surface area (Å²) in [7, 11) is 0. The van der Waals surface area contributed by atoms with Gasteiger partial charge in [-0.2, -0.15) is 0 Å². The van der Waals surface area contributed by atoms with Crippen LogP contribution in [0.1, 0.15) is 33.1 Å². The summed E-state index contributed by atoms with van der Waals surface area (Å²) < 4.78 is 8.65. The van der Waals surface area contributed by atoms with E-state index in [0.717, 1.165) is 16.7 Å². The van der Waals surface area contributed by atoms with Crippen molar-refractivity contribution in [3.8, 4) is 5.75 Å². The van der Waals surface area contributed by atoms with Crippen molar-refractivity contribution in [2.75, 3.05) is 6.61 Å². The van der Waals surface area contributed by atoms with E-state index in [-0.39, 0.29) is 24.3 Å². The Hall–Kier alpha value is -5.17. The van der Waals surface area contributed by atoms with Crippen molar-refractivity contribution in [3.05, 3.63) is 158 Å². The number of ether oxygens (including phenoxy) is 1. The lowest BCUT2D eigenvalue weighted by molar-refractivity contribution is 0.0697. The van der Waals surface area contributed by atoms with Gasteiger partial charge in [0.15, 0.2) is 0 Å². The van der Waals surface area contributed by atoms with Crippen LogP contribution >= 0.6 is 0 Å². The molecule has 0 aliphatic rings. The van der Waals surface area contributed by atoms with Crippen LogP contribution in [0.25, 0.3) is 10.9 Å². The van der Waals surface area contributed by atoms with Gasteiger partial charge in [-0.25, -0.2) is 14.2 Å². The molecule has 0 spiro atoms. The molecule has 4 aromatic carbocycles. The SMILES string of the molecule is Cc1ccc2c(=O)n(C(c3ccccc3)c3ccccc3)c(=O)n(C/C=C/COc3ccc(C(=O)O)cc3)c2c1. The highest BCUT2D eigenvalue weighted by atomic mass is 16.5. The molecule has 1 heterocycles. The molecule has 0 amide bonds. The van der Waals surface area contributed by atoms with Crippen LogP contribution in [0.3, 0.4) is 0 Å². The predicted octanol–water partition coefficient (Wildman–Crippen LogP) is 5.44. The summed E-state index contributed by atoms with van der Waals surface area (Å²) in [5, 5.41) is 9.51. The van der Waals surface area contributed by atoms with Crippen LogP contribution in [0.2, 0.25) is 0 Å². The van der Waals surface area contributed by atoms with Gasteiger partial charge in [0.1, 0.15) is 12.4 Å². The van der Waals surface area contributed by atoms with Gasteiger partial charge in [-0.1, -0.05) is 72.8 Å². The quantitative estimate of drug-likeness (QED) is 0.255. The number of aromatic carboxylic acids is 1. The van der Waals surface area contributed by atoms with E-state index in [1.54, 1.807) is 28.8 Å². The number of carboxylic acids is 1. The maximum atomic E-state index is 14.1.